The Labute approximate surface area is 152 Å². The van der Waals surface area contributed by atoms with E-state index in [-0.39, 0.29) is 5.91 Å². The fourth-order valence-corrected chi connectivity index (χ4v) is 2.70. The average Bonchev–Trinajstić information content (AvgIpc) is 2.65. The third-order valence-corrected chi connectivity index (χ3v) is 4.11. The first kappa shape index (κ1) is 17.2. The second-order valence-corrected chi connectivity index (χ2v) is 6.14. The molecular formula is C21H19ClN2O. The molecule has 2 N–H and O–H groups in total. The number of benzene rings is 3. The van der Waals surface area contributed by atoms with Gasteiger partial charge in [-0.15, -0.1) is 0 Å². The van der Waals surface area contributed by atoms with Gasteiger partial charge in [0.15, 0.2) is 0 Å². The summed E-state index contributed by atoms with van der Waals surface area (Å²) >= 11 is 5.90. The highest BCUT2D eigenvalue weighted by Crippen LogP contribution is 2.18. The van der Waals surface area contributed by atoms with Crippen molar-refractivity contribution in [1.82, 2.24) is 5.32 Å². The molecule has 1 amide bonds. The van der Waals surface area contributed by atoms with Crippen molar-refractivity contribution in [2.45, 2.75) is 12.6 Å². The van der Waals surface area contributed by atoms with Crippen LogP contribution in [0.15, 0.2) is 84.9 Å². The summed E-state index contributed by atoms with van der Waals surface area (Å²) in [6.45, 7) is 0.606. The Balaban J connectivity index is 1.75. The SMILES string of the molecule is O=C(Nc1ccc(Cl)cc1)[C@@H](NCc1ccccc1)c1ccccc1. The summed E-state index contributed by atoms with van der Waals surface area (Å²) in [6.07, 6.45) is 0. The summed E-state index contributed by atoms with van der Waals surface area (Å²) in [5, 5.41) is 6.93. The monoisotopic (exact) mass is 350 g/mol. The molecule has 0 saturated carbocycles. The normalized spacial score (nSPS) is 11.7. The molecule has 1 atom stereocenters. The molecule has 126 valence electrons. The summed E-state index contributed by atoms with van der Waals surface area (Å²) in [5.41, 5.74) is 2.77. The number of hydrogen-bond donors (Lipinski definition) is 2. The number of anilines is 1. The molecule has 0 fully saturated rings. The molecule has 0 bridgehead atoms. The molecule has 3 nitrogen and oxygen atoms in total. The van der Waals surface area contributed by atoms with E-state index >= 15 is 0 Å². The van der Waals surface area contributed by atoms with Crippen LogP contribution < -0.4 is 10.6 Å². The molecule has 0 spiro atoms. The van der Waals surface area contributed by atoms with Gasteiger partial charge >= 0.3 is 0 Å². The van der Waals surface area contributed by atoms with E-state index in [2.05, 4.69) is 10.6 Å². The van der Waals surface area contributed by atoms with Crippen molar-refractivity contribution in [2.75, 3.05) is 5.32 Å². The van der Waals surface area contributed by atoms with Crippen LogP contribution in [0, 0.1) is 0 Å². The van der Waals surface area contributed by atoms with Crippen molar-refractivity contribution >= 4 is 23.2 Å². The lowest BCUT2D eigenvalue weighted by Crippen LogP contribution is -2.32. The number of carbonyl (C=O) groups is 1. The number of carbonyl (C=O) groups excluding carboxylic acids is 1. The maximum absolute atomic E-state index is 12.8. The van der Waals surface area contributed by atoms with Crippen molar-refractivity contribution in [3.05, 3.63) is 101 Å². The van der Waals surface area contributed by atoms with E-state index in [0.717, 1.165) is 16.8 Å². The molecule has 3 rings (SSSR count). The lowest BCUT2D eigenvalue weighted by atomic mass is 10.1. The van der Waals surface area contributed by atoms with Crippen molar-refractivity contribution in [2.24, 2.45) is 0 Å². The van der Waals surface area contributed by atoms with Gasteiger partial charge in [0, 0.05) is 17.3 Å². The zero-order chi connectivity index (χ0) is 17.5. The minimum absolute atomic E-state index is 0.107. The van der Waals surface area contributed by atoms with Gasteiger partial charge in [-0.05, 0) is 35.4 Å². The Morgan fingerprint density at radius 3 is 2.08 bits per heavy atom. The van der Waals surface area contributed by atoms with E-state index in [0.29, 0.717) is 11.6 Å². The Morgan fingerprint density at radius 1 is 0.840 bits per heavy atom. The zero-order valence-corrected chi connectivity index (χ0v) is 14.4. The van der Waals surface area contributed by atoms with Gasteiger partial charge in [0.25, 0.3) is 0 Å². The first-order chi connectivity index (χ1) is 12.2. The fraction of sp³-hybridized carbons (Fsp3) is 0.0952. The number of halogens is 1. The quantitative estimate of drug-likeness (QED) is 0.669. The van der Waals surface area contributed by atoms with Crippen LogP contribution in [0.25, 0.3) is 0 Å². The van der Waals surface area contributed by atoms with Crippen LogP contribution in [0.4, 0.5) is 5.69 Å². The number of amides is 1. The Hall–Kier alpha value is -2.62. The predicted octanol–water partition coefficient (Wildman–Crippen LogP) is 4.81. The van der Waals surface area contributed by atoms with Gasteiger partial charge in [0.1, 0.15) is 6.04 Å². The minimum Gasteiger partial charge on any atom is -0.324 e. The zero-order valence-electron chi connectivity index (χ0n) is 13.7. The van der Waals surface area contributed by atoms with Crippen LogP contribution in [0.2, 0.25) is 5.02 Å². The molecular weight excluding hydrogens is 332 g/mol. The van der Waals surface area contributed by atoms with Gasteiger partial charge in [0.2, 0.25) is 5.91 Å². The summed E-state index contributed by atoms with van der Waals surface area (Å²) in [5.74, 6) is -0.107. The van der Waals surface area contributed by atoms with Crippen LogP contribution in [0.5, 0.6) is 0 Å². The first-order valence-corrected chi connectivity index (χ1v) is 8.49. The van der Waals surface area contributed by atoms with Crippen LogP contribution in [-0.4, -0.2) is 5.91 Å². The fourth-order valence-electron chi connectivity index (χ4n) is 2.57. The standard InChI is InChI=1S/C21H19ClN2O/c22-18-11-13-19(14-12-18)24-21(25)20(17-9-5-2-6-10-17)23-15-16-7-3-1-4-8-16/h1-14,20,23H,15H2,(H,24,25)/t20-/m0/s1. The topological polar surface area (TPSA) is 41.1 Å². The molecule has 0 aromatic heterocycles. The van der Waals surface area contributed by atoms with Crippen LogP contribution in [0.1, 0.15) is 17.2 Å². The second-order valence-electron chi connectivity index (χ2n) is 5.71. The third kappa shape index (κ3) is 4.92. The lowest BCUT2D eigenvalue weighted by molar-refractivity contribution is -0.118. The molecule has 3 aromatic carbocycles. The first-order valence-electron chi connectivity index (χ1n) is 8.11. The summed E-state index contributed by atoms with van der Waals surface area (Å²) in [6, 6.07) is 26.4. The highest BCUT2D eigenvalue weighted by molar-refractivity contribution is 6.30. The largest absolute Gasteiger partial charge is 0.324 e. The smallest absolute Gasteiger partial charge is 0.246 e. The number of rotatable bonds is 6. The van der Waals surface area contributed by atoms with Gasteiger partial charge in [-0.2, -0.15) is 0 Å². The second kappa shape index (κ2) is 8.47. The highest BCUT2D eigenvalue weighted by Gasteiger charge is 2.20. The Morgan fingerprint density at radius 2 is 1.44 bits per heavy atom. The van der Waals surface area contributed by atoms with Crippen molar-refractivity contribution in [3.8, 4) is 0 Å². The van der Waals surface area contributed by atoms with Gasteiger partial charge in [-0.25, -0.2) is 0 Å². The van der Waals surface area contributed by atoms with E-state index in [9.17, 15) is 4.79 Å². The van der Waals surface area contributed by atoms with E-state index in [1.807, 2.05) is 60.7 Å². The van der Waals surface area contributed by atoms with Crippen molar-refractivity contribution in [3.63, 3.8) is 0 Å². The van der Waals surface area contributed by atoms with Gasteiger partial charge < -0.3 is 5.32 Å². The predicted molar refractivity (Wildman–Crippen MR) is 103 cm³/mol. The van der Waals surface area contributed by atoms with E-state index < -0.39 is 6.04 Å². The lowest BCUT2D eigenvalue weighted by Gasteiger charge is -2.19. The van der Waals surface area contributed by atoms with E-state index in [1.54, 1.807) is 24.3 Å². The maximum atomic E-state index is 12.8. The molecule has 0 heterocycles. The minimum atomic E-state index is -0.447. The highest BCUT2D eigenvalue weighted by atomic mass is 35.5. The summed E-state index contributed by atoms with van der Waals surface area (Å²) in [4.78, 5) is 12.8. The molecule has 0 saturated heterocycles. The third-order valence-electron chi connectivity index (χ3n) is 3.86. The Kier molecular flexibility index (Phi) is 5.83. The van der Waals surface area contributed by atoms with Crippen LogP contribution in [0.3, 0.4) is 0 Å². The molecule has 25 heavy (non-hydrogen) atoms. The molecule has 0 radical (unpaired) electrons. The molecule has 0 aliphatic carbocycles. The number of nitrogens with one attached hydrogen (secondary N) is 2. The van der Waals surface area contributed by atoms with E-state index in [1.165, 1.54) is 0 Å². The molecule has 0 unspecified atom stereocenters. The Bertz CT molecular complexity index is 804. The number of hydrogen-bond acceptors (Lipinski definition) is 2. The molecule has 4 heteroatoms. The summed E-state index contributed by atoms with van der Waals surface area (Å²) in [7, 11) is 0. The van der Waals surface area contributed by atoms with Gasteiger partial charge in [0.05, 0.1) is 0 Å². The van der Waals surface area contributed by atoms with Crippen LogP contribution in [-0.2, 0) is 11.3 Å². The average molecular weight is 351 g/mol. The van der Waals surface area contributed by atoms with Gasteiger partial charge in [-0.3, -0.25) is 10.1 Å². The summed E-state index contributed by atoms with van der Waals surface area (Å²) < 4.78 is 0. The van der Waals surface area contributed by atoms with Gasteiger partial charge in [-0.1, -0.05) is 72.3 Å². The molecule has 3 aromatic rings. The molecule has 0 aliphatic heterocycles. The maximum Gasteiger partial charge on any atom is 0.246 e. The van der Waals surface area contributed by atoms with Crippen LogP contribution >= 0.6 is 11.6 Å². The van der Waals surface area contributed by atoms with Crippen molar-refractivity contribution in [1.29, 1.82) is 0 Å². The molecule has 0 aliphatic rings. The van der Waals surface area contributed by atoms with E-state index in [4.69, 9.17) is 11.6 Å². The van der Waals surface area contributed by atoms with Crippen molar-refractivity contribution < 1.29 is 4.79 Å².